The highest BCUT2D eigenvalue weighted by molar-refractivity contribution is 7.80. The van der Waals surface area contributed by atoms with Crippen molar-refractivity contribution in [3.63, 3.8) is 0 Å². The van der Waals surface area contributed by atoms with Gasteiger partial charge in [0.1, 0.15) is 12.1 Å². The van der Waals surface area contributed by atoms with Crippen LogP contribution in [-0.2, 0) is 9.53 Å². The summed E-state index contributed by atoms with van der Waals surface area (Å²) in [6, 6.07) is 8.93. The van der Waals surface area contributed by atoms with Crippen LogP contribution in [0.3, 0.4) is 0 Å². The first-order chi connectivity index (χ1) is 9.30. The second-order valence-corrected chi connectivity index (χ2v) is 5.49. The molecule has 0 bridgehead atoms. The van der Waals surface area contributed by atoms with Crippen LogP contribution in [0.2, 0.25) is 0 Å². The van der Waals surface area contributed by atoms with Gasteiger partial charge in [-0.1, -0.05) is 6.07 Å². The Bertz CT molecular complexity index is 544. The third-order valence-corrected chi connectivity index (χ3v) is 2.31. The van der Waals surface area contributed by atoms with E-state index in [1.165, 1.54) is 0 Å². The van der Waals surface area contributed by atoms with E-state index in [9.17, 15) is 4.79 Å². The molecule has 0 saturated carbocycles. The number of thiocarbonyl (C=S) groups is 1. The number of ether oxygens (including phenoxy) is 1. The molecule has 0 aliphatic carbocycles. The molecular formula is C14H17N3O2S. The van der Waals surface area contributed by atoms with E-state index in [0.29, 0.717) is 16.4 Å². The molecule has 0 radical (unpaired) electrons. The predicted molar refractivity (Wildman–Crippen MR) is 81.2 cm³/mol. The van der Waals surface area contributed by atoms with Gasteiger partial charge in [0.15, 0.2) is 5.11 Å². The zero-order chi connectivity index (χ0) is 15.2. The van der Waals surface area contributed by atoms with Crippen LogP contribution in [-0.4, -0.2) is 23.2 Å². The molecule has 0 spiro atoms. The largest absolute Gasteiger partial charge is 0.459 e. The van der Waals surface area contributed by atoms with Crippen molar-refractivity contribution in [3.05, 3.63) is 29.8 Å². The molecule has 1 rings (SSSR count). The normalized spacial score (nSPS) is 10.3. The highest BCUT2D eigenvalue weighted by atomic mass is 32.1. The first kappa shape index (κ1) is 15.9. The minimum absolute atomic E-state index is 0.0129. The predicted octanol–water partition coefficient (Wildman–Crippen LogP) is 2.19. The van der Waals surface area contributed by atoms with Crippen LogP contribution in [0.15, 0.2) is 24.3 Å². The van der Waals surface area contributed by atoms with Crippen molar-refractivity contribution in [2.24, 2.45) is 0 Å². The lowest BCUT2D eigenvalue weighted by Crippen LogP contribution is -2.36. The summed E-state index contributed by atoms with van der Waals surface area (Å²) in [6.07, 6.45) is 0. The molecule has 0 amide bonds. The maximum atomic E-state index is 11.5. The lowest BCUT2D eigenvalue weighted by Gasteiger charge is -2.20. The second kappa shape index (κ2) is 6.87. The highest BCUT2D eigenvalue weighted by Gasteiger charge is 2.16. The Hall–Kier alpha value is -2.13. The molecule has 0 atom stereocenters. The number of nitriles is 1. The van der Waals surface area contributed by atoms with Crippen molar-refractivity contribution in [2.45, 2.75) is 26.4 Å². The quantitative estimate of drug-likeness (QED) is 0.657. The summed E-state index contributed by atoms with van der Waals surface area (Å²) in [6.45, 7) is 5.39. The molecule has 20 heavy (non-hydrogen) atoms. The highest BCUT2D eigenvalue weighted by Crippen LogP contribution is 2.09. The van der Waals surface area contributed by atoms with Gasteiger partial charge in [0.2, 0.25) is 0 Å². The van der Waals surface area contributed by atoms with Crippen molar-refractivity contribution in [2.75, 3.05) is 11.9 Å². The van der Waals surface area contributed by atoms with Gasteiger partial charge in [-0.05, 0) is 51.2 Å². The summed E-state index contributed by atoms with van der Waals surface area (Å²) in [7, 11) is 0. The number of esters is 1. The third kappa shape index (κ3) is 6.16. The molecule has 0 saturated heterocycles. The van der Waals surface area contributed by atoms with Crippen molar-refractivity contribution in [1.29, 1.82) is 5.26 Å². The first-order valence-electron chi connectivity index (χ1n) is 6.07. The van der Waals surface area contributed by atoms with Crippen LogP contribution in [0.5, 0.6) is 0 Å². The lowest BCUT2D eigenvalue weighted by molar-refractivity contribution is -0.153. The number of nitrogens with one attached hydrogen (secondary N) is 2. The smallest absolute Gasteiger partial charge is 0.325 e. The zero-order valence-electron chi connectivity index (χ0n) is 11.7. The molecule has 0 heterocycles. The van der Waals surface area contributed by atoms with Crippen LogP contribution < -0.4 is 10.6 Å². The Kier molecular flexibility index (Phi) is 5.47. The molecular weight excluding hydrogens is 274 g/mol. The Morgan fingerprint density at radius 2 is 2.15 bits per heavy atom. The summed E-state index contributed by atoms with van der Waals surface area (Å²) in [4.78, 5) is 11.5. The fourth-order valence-corrected chi connectivity index (χ4v) is 1.56. The van der Waals surface area contributed by atoms with Gasteiger partial charge in [-0.25, -0.2) is 0 Å². The van der Waals surface area contributed by atoms with Crippen LogP contribution in [0.1, 0.15) is 26.3 Å². The molecule has 6 heteroatoms. The average molecular weight is 291 g/mol. The van der Waals surface area contributed by atoms with Crippen LogP contribution >= 0.6 is 12.2 Å². The number of carbonyl (C=O) groups excluding carboxylic acids is 1. The topological polar surface area (TPSA) is 74.2 Å². The Morgan fingerprint density at radius 1 is 1.45 bits per heavy atom. The third-order valence-electron chi connectivity index (χ3n) is 2.06. The number of nitrogens with zero attached hydrogens (tertiary/aromatic N) is 1. The van der Waals surface area contributed by atoms with Gasteiger partial charge in [0, 0.05) is 5.69 Å². The van der Waals surface area contributed by atoms with Gasteiger partial charge < -0.3 is 15.4 Å². The lowest BCUT2D eigenvalue weighted by atomic mass is 10.2. The molecule has 106 valence electrons. The average Bonchev–Trinajstić information content (AvgIpc) is 2.34. The van der Waals surface area contributed by atoms with Crippen LogP contribution in [0.4, 0.5) is 5.69 Å². The SMILES string of the molecule is CC(C)(C)OC(=O)CNC(=S)Nc1cccc(C#N)c1. The Morgan fingerprint density at radius 3 is 2.75 bits per heavy atom. The van der Waals surface area contributed by atoms with E-state index < -0.39 is 5.60 Å². The van der Waals surface area contributed by atoms with E-state index in [1.807, 2.05) is 6.07 Å². The Labute approximate surface area is 123 Å². The summed E-state index contributed by atoms with van der Waals surface area (Å²) in [5.41, 5.74) is 0.699. The van der Waals surface area contributed by atoms with E-state index in [4.69, 9.17) is 22.2 Å². The van der Waals surface area contributed by atoms with Crippen molar-refractivity contribution >= 4 is 29.0 Å². The van der Waals surface area contributed by atoms with E-state index in [2.05, 4.69) is 10.6 Å². The molecule has 0 fully saturated rings. The van der Waals surface area contributed by atoms with Crippen molar-refractivity contribution in [3.8, 4) is 6.07 Å². The van der Waals surface area contributed by atoms with Crippen molar-refractivity contribution in [1.82, 2.24) is 5.32 Å². The minimum Gasteiger partial charge on any atom is -0.459 e. The van der Waals surface area contributed by atoms with Gasteiger partial charge in [-0.3, -0.25) is 4.79 Å². The standard InChI is InChI=1S/C14H17N3O2S/c1-14(2,3)19-12(18)9-16-13(20)17-11-6-4-5-10(7-11)8-15/h4-7H,9H2,1-3H3,(H2,16,17,20). The number of rotatable bonds is 3. The minimum atomic E-state index is -0.519. The second-order valence-electron chi connectivity index (χ2n) is 5.09. The van der Waals surface area contributed by atoms with Crippen LogP contribution in [0.25, 0.3) is 0 Å². The maximum Gasteiger partial charge on any atom is 0.325 e. The number of carbonyl (C=O) groups is 1. The van der Waals surface area contributed by atoms with E-state index in [1.54, 1.807) is 45.0 Å². The Balaban J connectivity index is 2.44. The summed E-state index contributed by atoms with van der Waals surface area (Å²) in [5.74, 6) is -0.382. The maximum absolute atomic E-state index is 11.5. The first-order valence-corrected chi connectivity index (χ1v) is 6.48. The summed E-state index contributed by atoms with van der Waals surface area (Å²) >= 11 is 5.06. The number of anilines is 1. The van der Waals surface area contributed by atoms with Gasteiger partial charge in [0.25, 0.3) is 0 Å². The number of hydrogen-bond donors (Lipinski definition) is 2. The summed E-state index contributed by atoms with van der Waals surface area (Å²) in [5, 5.41) is 14.7. The fourth-order valence-electron chi connectivity index (χ4n) is 1.37. The summed E-state index contributed by atoms with van der Waals surface area (Å²) < 4.78 is 5.14. The van der Waals surface area contributed by atoms with Gasteiger partial charge in [-0.2, -0.15) is 5.26 Å². The van der Waals surface area contributed by atoms with Crippen LogP contribution in [0, 0.1) is 11.3 Å². The van der Waals surface area contributed by atoms with Gasteiger partial charge >= 0.3 is 5.97 Å². The van der Waals surface area contributed by atoms with E-state index >= 15 is 0 Å². The fraction of sp³-hybridized carbons (Fsp3) is 0.357. The molecule has 0 aliphatic heterocycles. The molecule has 2 N–H and O–H groups in total. The number of hydrogen-bond acceptors (Lipinski definition) is 4. The zero-order valence-corrected chi connectivity index (χ0v) is 12.5. The molecule has 1 aromatic carbocycles. The molecule has 1 aromatic rings. The van der Waals surface area contributed by atoms with Gasteiger partial charge in [-0.15, -0.1) is 0 Å². The van der Waals surface area contributed by atoms with E-state index in [-0.39, 0.29) is 12.5 Å². The number of benzene rings is 1. The van der Waals surface area contributed by atoms with Gasteiger partial charge in [0.05, 0.1) is 11.6 Å². The molecule has 0 aromatic heterocycles. The molecule has 0 aliphatic rings. The molecule has 0 unspecified atom stereocenters. The van der Waals surface area contributed by atoms with E-state index in [0.717, 1.165) is 0 Å². The molecule has 5 nitrogen and oxygen atoms in total. The monoisotopic (exact) mass is 291 g/mol. The van der Waals surface area contributed by atoms with Crippen molar-refractivity contribution < 1.29 is 9.53 Å².